The second-order valence-corrected chi connectivity index (χ2v) is 7.05. The molecule has 2 aromatic carbocycles. The number of nitrogens with one attached hydrogen (secondary N) is 1. The van der Waals surface area contributed by atoms with Crippen molar-refractivity contribution >= 4 is 6.03 Å². The lowest BCUT2D eigenvalue weighted by molar-refractivity contribution is 0.180. The van der Waals surface area contributed by atoms with Crippen LogP contribution in [0.3, 0.4) is 0 Å². The molecule has 0 radical (unpaired) electrons. The Bertz CT molecular complexity index is 1000. The van der Waals surface area contributed by atoms with Gasteiger partial charge in [0.1, 0.15) is 17.5 Å². The van der Waals surface area contributed by atoms with Gasteiger partial charge in [-0.1, -0.05) is 29.4 Å². The number of ether oxygens (including phenoxy) is 2. The first kappa shape index (κ1) is 19.8. The summed E-state index contributed by atoms with van der Waals surface area (Å²) in [5.41, 5.74) is 1.80. The number of rotatable bonds is 6. The summed E-state index contributed by atoms with van der Waals surface area (Å²) in [5, 5.41) is 7.07. The minimum Gasteiger partial charge on any atom is -0.497 e. The summed E-state index contributed by atoms with van der Waals surface area (Å²) in [6.07, 6.45) is 1.67. The summed E-state index contributed by atoms with van der Waals surface area (Å²) < 4.78 is 15.9. The Hall–Kier alpha value is -3.55. The molecule has 1 aliphatic rings. The number of aromatic nitrogens is 2. The van der Waals surface area contributed by atoms with Gasteiger partial charge in [0.05, 0.1) is 14.2 Å². The topological polar surface area (TPSA) is 89.7 Å². The monoisotopic (exact) mass is 408 g/mol. The van der Waals surface area contributed by atoms with E-state index >= 15 is 0 Å². The molecule has 1 aromatic heterocycles. The van der Waals surface area contributed by atoms with E-state index in [4.69, 9.17) is 14.0 Å². The number of likely N-dealkylation sites (tertiary alicyclic amines) is 1. The molecule has 1 N–H and O–H groups in total. The summed E-state index contributed by atoms with van der Waals surface area (Å²) >= 11 is 0. The van der Waals surface area contributed by atoms with Crippen LogP contribution in [0.15, 0.2) is 53.1 Å². The third-order valence-corrected chi connectivity index (χ3v) is 5.17. The molecule has 1 fully saturated rings. The zero-order valence-corrected chi connectivity index (χ0v) is 17.0. The molecular weight excluding hydrogens is 384 g/mol. The Kier molecular flexibility index (Phi) is 5.83. The number of nitrogens with zero attached hydrogens (tertiary/aromatic N) is 3. The van der Waals surface area contributed by atoms with Gasteiger partial charge < -0.3 is 24.2 Å². The Balaban J connectivity index is 1.42. The molecule has 0 saturated carbocycles. The number of amides is 2. The van der Waals surface area contributed by atoms with E-state index in [1.165, 1.54) is 0 Å². The molecule has 0 unspecified atom stereocenters. The van der Waals surface area contributed by atoms with Crippen LogP contribution in [-0.4, -0.2) is 41.8 Å². The molecule has 30 heavy (non-hydrogen) atoms. The summed E-state index contributed by atoms with van der Waals surface area (Å²) in [5.74, 6) is 2.44. The van der Waals surface area contributed by atoms with Crippen LogP contribution < -0.4 is 14.8 Å². The van der Waals surface area contributed by atoms with Gasteiger partial charge >= 0.3 is 6.03 Å². The fourth-order valence-corrected chi connectivity index (χ4v) is 3.54. The Morgan fingerprint density at radius 1 is 1.17 bits per heavy atom. The van der Waals surface area contributed by atoms with Gasteiger partial charge in [0.15, 0.2) is 0 Å². The number of carbonyl (C=O) groups excluding carboxylic acids is 1. The van der Waals surface area contributed by atoms with Crippen LogP contribution in [0.25, 0.3) is 11.4 Å². The lowest BCUT2D eigenvalue weighted by Gasteiger charge is -2.22. The first-order valence-corrected chi connectivity index (χ1v) is 9.83. The van der Waals surface area contributed by atoms with Crippen molar-refractivity contribution in [2.45, 2.75) is 25.4 Å². The lowest BCUT2D eigenvalue weighted by atomic mass is 10.2. The molecule has 1 aliphatic heterocycles. The van der Waals surface area contributed by atoms with Gasteiger partial charge in [-0.3, -0.25) is 0 Å². The van der Waals surface area contributed by atoms with Gasteiger partial charge in [0.25, 0.3) is 0 Å². The van der Waals surface area contributed by atoms with Crippen LogP contribution >= 0.6 is 0 Å². The van der Waals surface area contributed by atoms with Crippen LogP contribution in [0, 0.1) is 0 Å². The molecule has 156 valence electrons. The number of urea groups is 1. The van der Waals surface area contributed by atoms with Crippen molar-refractivity contribution < 1.29 is 18.8 Å². The molecule has 0 bridgehead atoms. The molecule has 3 aromatic rings. The first-order valence-electron chi connectivity index (χ1n) is 9.83. The third-order valence-electron chi connectivity index (χ3n) is 5.17. The highest BCUT2D eigenvalue weighted by atomic mass is 16.5. The molecule has 0 aliphatic carbocycles. The minimum atomic E-state index is -0.229. The van der Waals surface area contributed by atoms with Crippen molar-refractivity contribution in [1.29, 1.82) is 0 Å². The molecule has 8 nitrogen and oxygen atoms in total. The highest BCUT2D eigenvalue weighted by Gasteiger charge is 2.34. The van der Waals surface area contributed by atoms with Gasteiger partial charge in [0.2, 0.25) is 11.7 Å². The van der Waals surface area contributed by atoms with Gasteiger partial charge in [-0.25, -0.2) is 4.79 Å². The molecule has 2 amide bonds. The average molecular weight is 408 g/mol. The van der Waals surface area contributed by atoms with E-state index in [9.17, 15) is 4.79 Å². The molecule has 4 rings (SSSR count). The molecule has 0 spiro atoms. The lowest BCUT2D eigenvalue weighted by Crippen LogP contribution is -2.39. The van der Waals surface area contributed by atoms with Crippen LogP contribution in [0.2, 0.25) is 0 Å². The van der Waals surface area contributed by atoms with Crippen molar-refractivity contribution in [2.24, 2.45) is 0 Å². The van der Waals surface area contributed by atoms with Crippen molar-refractivity contribution in [1.82, 2.24) is 20.4 Å². The van der Waals surface area contributed by atoms with E-state index < -0.39 is 0 Å². The maximum absolute atomic E-state index is 12.8. The standard InChI is InChI=1S/C22H24N4O4/c1-28-17-10-8-15(9-11-17)14-23-22(27)26-12-4-7-19(26)21-24-20(25-30-21)16-5-3-6-18(13-16)29-2/h3,5-6,8-11,13,19H,4,7,12,14H2,1-2H3,(H,23,27)/t19-/m1/s1. The van der Waals surface area contributed by atoms with Crippen LogP contribution in [0.1, 0.15) is 30.3 Å². The highest BCUT2D eigenvalue weighted by molar-refractivity contribution is 5.75. The van der Waals surface area contributed by atoms with Crippen molar-refractivity contribution in [3.63, 3.8) is 0 Å². The van der Waals surface area contributed by atoms with E-state index in [0.717, 1.165) is 35.5 Å². The normalized spacial score (nSPS) is 15.8. The second-order valence-electron chi connectivity index (χ2n) is 7.05. The minimum absolute atomic E-state index is 0.144. The smallest absolute Gasteiger partial charge is 0.318 e. The van der Waals surface area contributed by atoms with Crippen molar-refractivity contribution in [2.75, 3.05) is 20.8 Å². The molecule has 1 saturated heterocycles. The third kappa shape index (κ3) is 4.22. The number of hydrogen-bond acceptors (Lipinski definition) is 6. The van der Waals surface area contributed by atoms with Gasteiger partial charge in [0, 0.05) is 18.7 Å². The summed E-state index contributed by atoms with van der Waals surface area (Å²) in [7, 11) is 3.24. The fraction of sp³-hybridized carbons (Fsp3) is 0.318. The van der Waals surface area contributed by atoms with E-state index in [2.05, 4.69) is 15.5 Å². The van der Waals surface area contributed by atoms with Crippen molar-refractivity contribution in [3.05, 3.63) is 60.0 Å². The summed E-state index contributed by atoms with van der Waals surface area (Å²) in [4.78, 5) is 19.1. The maximum atomic E-state index is 12.8. The van der Waals surface area contributed by atoms with Crippen molar-refractivity contribution in [3.8, 4) is 22.9 Å². The fourth-order valence-electron chi connectivity index (χ4n) is 3.54. The number of benzene rings is 2. The van der Waals surface area contributed by atoms with Gasteiger partial charge in [-0.2, -0.15) is 4.98 Å². The largest absolute Gasteiger partial charge is 0.497 e. The summed E-state index contributed by atoms with van der Waals surface area (Å²) in [6.45, 7) is 1.08. The first-order chi connectivity index (χ1) is 14.7. The predicted octanol–water partition coefficient (Wildman–Crippen LogP) is 3.80. The molecular formula is C22H24N4O4. The molecule has 2 heterocycles. The Labute approximate surface area is 174 Å². The maximum Gasteiger partial charge on any atom is 0.318 e. The van der Waals surface area contributed by atoms with E-state index in [1.54, 1.807) is 19.1 Å². The Morgan fingerprint density at radius 3 is 2.73 bits per heavy atom. The van der Waals surface area contributed by atoms with E-state index in [1.807, 2.05) is 48.5 Å². The van der Waals surface area contributed by atoms with Crippen LogP contribution in [0.4, 0.5) is 4.79 Å². The number of hydrogen-bond donors (Lipinski definition) is 1. The highest BCUT2D eigenvalue weighted by Crippen LogP contribution is 2.32. The SMILES string of the molecule is COc1ccc(CNC(=O)N2CCC[C@@H]2c2nc(-c3cccc(OC)c3)no2)cc1. The van der Waals surface area contributed by atoms with Gasteiger partial charge in [-0.05, 0) is 42.7 Å². The average Bonchev–Trinajstić information content (AvgIpc) is 3.47. The zero-order chi connectivity index (χ0) is 20.9. The van der Waals surface area contributed by atoms with Gasteiger partial charge in [-0.15, -0.1) is 0 Å². The van der Waals surface area contributed by atoms with E-state index in [-0.39, 0.29) is 12.1 Å². The number of carbonyl (C=O) groups is 1. The predicted molar refractivity (Wildman–Crippen MR) is 110 cm³/mol. The molecule has 1 atom stereocenters. The van der Waals surface area contributed by atoms with E-state index in [0.29, 0.717) is 24.8 Å². The van der Waals surface area contributed by atoms with Crippen LogP contribution in [0.5, 0.6) is 11.5 Å². The number of methoxy groups -OCH3 is 2. The van der Waals surface area contributed by atoms with Crippen LogP contribution in [-0.2, 0) is 6.54 Å². The summed E-state index contributed by atoms with van der Waals surface area (Å²) in [6, 6.07) is 14.7. The second kappa shape index (κ2) is 8.86. The zero-order valence-electron chi connectivity index (χ0n) is 17.0. The quantitative estimate of drug-likeness (QED) is 0.667. The molecule has 8 heteroatoms. The Morgan fingerprint density at radius 2 is 1.97 bits per heavy atom.